The highest BCUT2D eigenvalue weighted by Crippen LogP contribution is 2.47. The number of carbonyl (C=O) groups is 2. The largest absolute Gasteiger partial charge is 0.341 e. The lowest BCUT2D eigenvalue weighted by Gasteiger charge is -2.31. The fourth-order valence-corrected chi connectivity index (χ4v) is 4.21. The zero-order valence-electron chi connectivity index (χ0n) is 12.5. The van der Waals surface area contributed by atoms with Crippen LogP contribution in [0.5, 0.6) is 0 Å². The number of rotatable bonds is 1. The molecule has 2 amide bonds. The molecule has 0 radical (unpaired) electrons. The summed E-state index contributed by atoms with van der Waals surface area (Å²) in [4.78, 5) is 27.0. The van der Waals surface area contributed by atoms with Crippen LogP contribution in [0.4, 0.5) is 5.69 Å². The number of carbonyl (C=O) groups excluding carboxylic acids is 2. The Balaban J connectivity index is 1.63. The molecule has 120 valence electrons. The molecule has 4 nitrogen and oxygen atoms in total. The number of hydrogen-bond donors (Lipinski definition) is 1. The van der Waals surface area contributed by atoms with Gasteiger partial charge in [0.1, 0.15) is 0 Å². The summed E-state index contributed by atoms with van der Waals surface area (Å²) in [6, 6.07) is 3.45. The Hall–Kier alpha value is -1.52. The van der Waals surface area contributed by atoms with Crippen molar-refractivity contribution in [2.45, 2.75) is 24.7 Å². The molecule has 1 aromatic carbocycles. The Labute approximate surface area is 144 Å². The van der Waals surface area contributed by atoms with Gasteiger partial charge in [-0.25, -0.2) is 0 Å². The number of hydrogen-bond acceptors (Lipinski definition) is 2. The van der Waals surface area contributed by atoms with Crippen LogP contribution < -0.4 is 5.32 Å². The number of fused-ring (bicyclic) bond motifs is 2. The Morgan fingerprint density at radius 1 is 1.30 bits per heavy atom. The molecule has 3 aliphatic rings. The van der Waals surface area contributed by atoms with Crippen molar-refractivity contribution in [3.8, 4) is 0 Å². The minimum absolute atomic E-state index is 0.0374. The SMILES string of the molecule is C=C1CC(C(=O)N2CC[C@]3(C2)C(=O)Nc2cc(Cl)c(Cl)cc23)C1. The summed E-state index contributed by atoms with van der Waals surface area (Å²) in [6.07, 6.45) is 2.16. The molecular weight excluding hydrogens is 335 g/mol. The lowest BCUT2D eigenvalue weighted by atomic mass is 9.79. The summed E-state index contributed by atoms with van der Waals surface area (Å²) in [5.41, 5.74) is 1.99. The first-order chi connectivity index (χ1) is 10.9. The number of benzene rings is 1. The van der Waals surface area contributed by atoms with Gasteiger partial charge in [0.25, 0.3) is 0 Å². The van der Waals surface area contributed by atoms with Crippen molar-refractivity contribution in [2.75, 3.05) is 18.4 Å². The summed E-state index contributed by atoms with van der Waals surface area (Å²) in [7, 11) is 0. The predicted octanol–water partition coefficient (Wildman–Crippen LogP) is 3.38. The molecule has 6 heteroatoms. The van der Waals surface area contributed by atoms with Gasteiger partial charge in [-0.1, -0.05) is 35.4 Å². The number of nitrogens with one attached hydrogen (secondary N) is 1. The minimum atomic E-state index is -0.694. The fraction of sp³-hybridized carbons (Fsp3) is 0.412. The van der Waals surface area contributed by atoms with Crippen LogP contribution in [-0.2, 0) is 15.0 Å². The molecule has 1 spiro atoms. The van der Waals surface area contributed by atoms with Crippen LogP contribution in [0.1, 0.15) is 24.8 Å². The van der Waals surface area contributed by atoms with Crippen LogP contribution in [0.3, 0.4) is 0 Å². The molecule has 1 atom stereocenters. The van der Waals surface area contributed by atoms with Crippen LogP contribution in [0.25, 0.3) is 0 Å². The first-order valence-electron chi connectivity index (χ1n) is 7.67. The van der Waals surface area contributed by atoms with E-state index in [1.807, 2.05) is 4.90 Å². The van der Waals surface area contributed by atoms with E-state index in [2.05, 4.69) is 11.9 Å². The van der Waals surface area contributed by atoms with Crippen molar-refractivity contribution in [3.63, 3.8) is 0 Å². The van der Waals surface area contributed by atoms with Gasteiger partial charge in [-0.2, -0.15) is 0 Å². The lowest BCUT2D eigenvalue weighted by Crippen LogP contribution is -2.42. The molecule has 0 aromatic heterocycles. The van der Waals surface area contributed by atoms with E-state index in [4.69, 9.17) is 23.2 Å². The quantitative estimate of drug-likeness (QED) is 0.789. The van der Waals surface area contributed by atoms with Crippen molar-refractivity contribution in [2.24, 2.45) is 5.92 Å². The summed E-state index contributed by atoms with van der Waals surface area (Å²) < 4.78 is 0. The topological polar surface area (TPSA) is 49.4 Å². The van der Waals surface area contributed by atoms with Gasteiger partial charge in [-0.05, 0) is 37.0 Å². The molecule has 1 saturated heterocycles. The smallest absolute Gasteiger partial charge is 0.237 e. The Bertz CT molecular complexity index is 753. The second-order valence-electron chi connectivity index (χ2n) is 6.71. The molecule has 2 aliphatic heterocycles. The number of allylic oxidation sites excluding steroid dienone is 1. The van der Waals surface area contributed by atoms with Crippen LogP contribution >= 0.6 is 23.2 Å². The van der Waals surface area contributed by atoms with Crippen LogP contribution in [0.2, 0.25) is 10.0 Å². The molecule has 2 fully saturated rings. The van der Waals surface area contributed by atoms with Gasteiger partial charge in [0.05, 0.1) is 15.5 Å². The molecule has 23 heavy (non-hydrogen) atoms. The normalized spacial score (nSPS) is 26.4. The predicted molar refractivity (Wildman–Crippen MR) is 89.8 cm³/mol. The Morgan fingerprint density at radius 2 is 2.00 bits per heavy atom. The van der Waals surface area contributed by atoms with Gasteiger partial charge in [0.15, 0.2) is 0 Å². The zero-order chi connectivity index (χ0) is 16.4. The van der Waals surface area contributed by atoms with Crippen LogP contribution in [0.15, 0.2) is 24.3 Å². The third-order valence-corrected chi connectivity index (χ3v) is 5.98. The summed E-state index contributed by atoms with van der Waals surface area (Å²) in [5, 5.41) is 3.74. The maximum Gasteiger partial charge on any atom is 0.237 e. The number of nitrogens with zero attached hydrogens (tertiary/aromatic N) is 1. The maximum absolute atomic E-state index is 12.6. The van der Waals surface area contributed by atoms with E-state index in [1.54, 1.807) is 12.1 Å². The van der Waals surface area contributed by atoms with E-state index in [9.17, 15) is 9.59 Å². The van der Waals surface area contributed by atoms with E-state index in [0.717, 1.165) is 24.0 Å². The molecule has 1 aliphatic carbocycles. The second kappa shape index (κ2) is 4.99. The Morgan fingerprint density at radius 3 is 2.70 bits per heavy atom. The van der Waals surface area contributed by atoms with Crippen LogP contribution in [0, 0.1) is 5.92 Å². The van der Waals surface area contributed by atoms with Crippen LogP contribution in [-0.4, -0.2) is 29.8 Å². The second-order valence-corrected chi connectivity index (χ2v) is 7.53. The van der Waals surface area contributed by atoms with Crippen molar-refractivity contribution >= 4 is 40.7 Å². The molecule has 0 unspecified atom stereocenters. The first-order valence-corrected chi connectivity index (χ1v) is 8.43. The van der Waals surface area contributed by atoms with Crippen molar-refractivity contribution < 1.29 is 9.59 Å². The minimum Gasteiger partial charge on any atom is -0.341 e. The van der Waals surface area contributed by atoms with Crippen molar-refractivity contribution in [3.05, 3.63) is 39.9 Å². The standard InChI is InChI=1S/C17H16Cl2N2O2/c1-9-4-10(5-9)15(22)21-3-2-17(8-21)11-6-12(18)13(19)7-14(11)20-16(17)23/h6-7,10H,1-5,8H2,(H,20,23)/t17-/m1/s1. The van der Waals surface area contributed by atoms with E-state index < -0.39 is 5.41 Å². The third kappa shape index (κ3) is 2.12. The highest BCUT2D eigenvalue weighted by Gasteiger charge is 2.53. The van der Waals surface area contributed by atoms with Gasteiger partial charge in [-0.15, -0.1) is 0 Å². The average molecular weight is 351 g/mol. The highest BCUT2D eigenvalue weighted by molar-refractivity contribution is 6.42. The number of amides is 2. The monoisotopic (exact) mass is 350 g/mol. The molecule has 1 aromatic rings. The van der Waals surface area contributed by atoms with E-state index in [0.29, 0.717) is 35.2 Å². The van der Waals surface area contributed by atoms with Gasteiger partial charge < -0.3 is 10.2 Å². The van der Waals surface area contributed by atoms with Gasteiger partial charge in [-0.3, -0.25) is 9.59 Å². The maximum atomic E-state index is 12.6. The summed E-state index contributed by atoms with van der Waals surface area (Å²) in [6.45, 7) is 4.89. The fourth-order valence-electron chi connectivity index (χ4n) is 3.88. The molecule has 0 bridgehead atoms. The Kier molecular flexibility index (Phi) is 3.26. The molecule has 1 saturated carbocycles. The number of halogens is 2. The number of anilines is 1. The van der Waals surface area contributed by atoms with Gasteiger partial charge in [0, 0.05) is 24.7 Å². The molecule has 1 N–H and O–H groups in total. The third-order valence-electron chi connectivity index (χ3n) is 5.26. The summed E-state index contributed by atoms with van der Waals surface area (Å²) >= 11 is 12.2. The number of likely N-dealkylation sites (tertiary alicyclic amines) is 1. The first kappa shape index (κ1) is 15.0. The average Bonchev–Trinajstić information content (AvgIpc) is 3.02. The zero-order valence-corrected chi connectivity index (χ0v) is 14.0. The van der Waals surface area contributed by atoms with Gasteiger partial charge in [0.2, 0.25) is 11.8 Å². The molecular formula is C17H16Cl2N2O2. The van der Waals surface area contributed by atoms with Gasteiger partial charge >= 0.3 is 0 Å². The highest BCUT2D eigenvalue weighted by atomic mass is 35.5. The van der Waals surface area contributed by atoms with E-state index in [1.165, 1.54) is 0 Å². The lowest BCUT2D eigenvalue weighted by molar-refractivity contribution is -0.136. The van der Waals surface area contributed by atoms with E-state index >= 15 is 0 Å². The molecule has 4 rings (SSSR count). The van der Waals surface area contributed by atoms with Crippen molar-refractivity contribution in [1.82, 2.24) is 4.90 Å². The molecule has 2 heterocycles. The van der Waals surface area contributed by atoms with Crippen molar-refractivity contribution in [1.29, 1.82) is 0 Å². The van der Waals surface area contributed by atoms with E-state index in [-0.39, 0.29) is 17.7 Å². The summed E-state index contributed by atoms with van der Waals surface area (Å²) in [5.74, 6) is 0.102.